The van der Waals surface area contributed by atoms with Crippen LogP contribution in [-0.4, -0.2) is 28.7 Å². The van der Waals surface area contributed by atoms with E-state index in [4.69, 9.17) is 16.3 Å². The molecule has 5 nitrogen and oxygen atoms in total. The minimum atomic E-state index is -0.970. The molecule has 7 heteroatoms. The van der Waals surface area contributed by atoms with Crippen molar-refractivity contribution in [3.63, 3.8) is 0 Å². The standard InChI is InChI=1S/C22H16ClNO4S/c1-28-22(27)17-11-16-21(29-17)19(13-5-3-2-4-6-13)20(24(16)12-18(25)26)14-7-9-15(23)10-8-14/h2-11H,12H2,1H3,(H,25,26). The number of nitrogens with zero attached hydrogens (tertiary/aromatic N) is 1. The fourth-order valence-electron chi connectivity index (χ4n) is 3.41. The van der Waals surface area contributed by atoms with Crippen LogP contribution in [0.25, 0.3) is 32.6 Å². The molecular weight excluding hydrogens is 410 g/mol. The summed E-state index contributed by atoms with van der Waals surface area (Å²) in [6, 6.07) is 18.7. The van der Waals surface area contributed by atoms with Crippen molar-refractivity contribution in [2.45, 2.75) is 6.54 Å². The summed E-state index contributed by atoms with van der Waals surface area (Å²) in [6.07, 6.45) is 0. The van der Waals surface area contributed by atoms with Crippen LogP contribution in [0.2, 0.25) is 5.02 Å². The molecule has 0 amide bonds. The van der Waals surface area contributed by atoms with E-state index in [0.29, 0.717) is 15.4 Å². The second kappa shape index (κ2) is 7.73. The highest BCUT2D eigenvalue weighted by atomic mass is 35.5. The maximum atomic E-state index is 12.1. The van der Waals surface area contributed by atoms with Gasteiger partial charge in [0.1, 0.15) is 11.4 Å². The normalized spacial score (nSPS) is 11.0. The highest BCUT2D eigenvalue weighted by Gasteiger charge is 2.25. The van der Waals surface area contributed by atoms with Gasteiger partial charge in [-0.05, 0) is 29.3 Å². The molecule has 0 fully saturated rings. The lowest BCUT2D eigenvalue weighted by molar-refractivity contribution is -0.137. The van der Waals surface area contributed by atoms with E-state index in [1.807, 2.05) is 42.5 Å². The Morgan fingerprint density at radius 2 is 1.76 bits per heavy atom. The summed E-state index contributed by atoms with van der Waals surface area (Å²) in [4.78, 5) is 24.2. The van der Waals surface area contributed by atoms with Crippen molar-refractivity contribution < 1.29 is 19.4 Å². The van der Waals surface area contributed by atoms with Gasteiger partial charge < -0.3 is 14.4 Å². The van der Waals surface area contributed by atoms with Crippen LogP contribution in [0.5, 0.6) is 0 Å². The van der Waals surface area contributed by atoms with Gasteiger partial charge in [-0.25, -0.2) is 4.79 Å². The Kier molecular flexibility index (Phi) is 5.13. The number of carbonyl (C=O) groups excluding carboxylic acids is 1. The molecule has 4 rings (SSSR count). The van der Waals surface area contributed by atoms with Gasteiger partial charge in [-0.2, -0.15) is 0 Å². The number of carboxylic acid groups (broad SMARTS) is 1. The summed E-state index contributed by atoms with van der Waals surface area (Å²) in [5, 5.41) is 10.2. The third-order valence-corrected chi connectivity index (χ3v) is 5.97. The van der Waals surface area contributed by atoms with E-state index in [-0.39, 0.29) is 6.54 Å². The number of aliphatic carboxylic acids is 1. The number of thiophene rings is 1. The van der Waals surface area contributed by atoms with Gasteiger partial charge in [0, 0.05) is 10.6 Å². The topological polar surface area (TPSA) is 68.5 Å². The summed E-state index contributed by atoms with van der Waals surface area (Å²) < 4.78 is 7.43. The molecule has 2 heterocycles. The van der Waals surface area contributed by atoms with Gasteiger partial charge in [-0.3, -0.25) is 4.79 Å². The van der Waals surface area contributed by atoms with Crippen LogP contribution in [0.1, 0.15) is 9.67 Å². The highest BCUT2D eigenvalue weighted by Crippen LogP contribution is 2.44. The lowest BCUT2D eigenvalue weighted by Crippen LogP contribution is -2.10. The summed E-state index contributed by atoms with van der Waals surface area (Å²) in [5.41, 5.74) is 4.11. The number of aromatic nitrogens is 1. The van der Waals surface area contributed by atoms with Crippen molar-refractivity contribution in [1.29, 1.82) is 0 Å². The molecule has 1 N–H and O–H groups in total. The number of carbonyl (C=O) groups is 2. The predicted molar refractivity (Wildman–Crippen MR) is 115 cm³/mol. The molecule has 0 saturated carbocycles. The van der Waals surface area contributed by atoms with Crippen molar-refractivity contribution >= 4 is 45.1 Å². The number of hydrogen-bond acceptors (Lipinski definition) is 4. The van der Waals surface area contributed by atoms with E-state index >= 15 is 0 Å². The molecule has 0 bridgehead atoms. The minimum absolute atomic E-state index is 0.237. The Morgan fingerprint density at radius 3 is 2.38 bits per heavy atom. The number of benzene rings is 2. The average Bonchev–Trinajstić information content (AvgIpc) is 3.26. The van der Waals surface area contributed by atoms with Crippen molar-refractivity contribution in [3.8, 4) is 22.4 Å². The second-order valence-electron chi connectivity index (χ2n) is 6.39. The van der Waals surface area contributed by atoms with Gasteiger partial charge in [-0.15, -0.1) is 11.3 Å². The van der Waals surface area contributed by atoms with Gasteiger partial charge in [0.05, 0.1) is 23.0 Å². The van der Waals surface area contributed by atoms with Crippen LogP contribution in [0.15, 0.2) is 60.7 Å². The first-order chi connectivity index (χ1) is 14.0. The Hall–Kier alpha value is -3.09. The summed E-state index contributed by atoms with van der Waals surface area (Å²) >= 11 is 7.36. The number of hydrogen-bond donors (Lipinski definition) is 1. The van der Waals surface area contributed by atoms with Crippen molar-refractivity contribution in [1.82, 2.24) is 4.57 Å². The molecule has 2 aromatic carbocycles. The Balaban J connectivity index is 2.10. The summed E-state index contributed by atoms with van der Waals surface area (Å²) in [7, 11) is 1.33. The Bertz CT molecular complexity index is 1210. The molecular formula is C22H16ClNO4S. The zero-order valence-corrected chi connectivity index (χ0v) is 17.0. The summed E-state index contributed by atoms with van der Waals surface area (Å²) in [5.74, 6) is -1.41. The predicted octanol–water partition coefficient (Wildman–Crippen LogP) is 5.56. The molecule has 0 aliphatic carbocycles. The minimum Gasteiger partial charge on any atom is -0.480 e. The number of carboxylic acids is 1. The first kappa shape index (κ1) is 19.2. The quantitative estimate of drug-likeness (QED) is 0.425. The molecule has 0 aliphatic heterocycles. The van der Waals surface area contributed by atoms with Gasteiger partial charge in [0.2, 0.25) is 0 Å². The van der Waals surface area contributed by atoms with E-state index in [0.717, 1.165) is 27.1 Å². The molecule has 2 aromatic heterocycles. The van der Waals surface area contributed by atoms with Crippen LogP contribution in [0.4, 0.5) is 0 Å². The highest BCUT2D eigenvalue weighted by molar-refractivity contribution is 7.21. The lowest BCUT2D eigenvalue weighted by Gasteiger charge is -2.12. The van der Waals surface area contributed by atoms with Gasteiger partial charge in [0.15, 0.2) is 0 Å². The molecule has 0 saturated heterocycles. The third kappa shape index (κ3) is 3.52. The van der Waals surface area contributed by atoms with Crippen LogP contribution in [0.3, 0.4) is 0 Å². The van der Waals surface area contributed by atoms with E-state index in [2.05, 4.69) is 0 Å². The summed E-state index contributed by atoms with van der Waals surface area (Å²) in [6.45, 7) is -0.237. The largest absolute Gasteiger partial charge is 0.480 e. The SMILES string of the molecule is COC(=O)c1cc2c(s1)c(-c1ccccc1)c(-c1ccc(Cl)cc1)n2CC(=O)O. The molecule has 0 spiro atoms. The van der Waals surface area contributed by atoms with E-state index < -0.39 is 11.9 Å². The van der Waals surface area contributed by atoms with Gasteiger partial charge in [0.25, 0.3) is 0 Å². The number of fused-ring (bicyclic) bond motifs is 1. The van der Waals surface area contributed by atoms with Crippen LogP contribution in [0, 0.1) is 0 Å². The molecule has 4 aromatic rings. The van der Waals surface area contributed by atoms with Gasteiger partial charge >= 0.3 is 11.9 Å². The van der Waals surface area contributed by atoms with Gasteiger partial charge in [-0.1, -0.05) is 54.1 Å². The van der Waals surface area contributed by atoms with Crippen LogP contribution >= 0.6 is 22.9 Å². The fourth-order valence-corrected chi connectivity index (χ4v) is 4.68. The first-order valence-electron chi connectivity index (χ1n) is 8.77. The molecule has 29 heavy (non-hydrogen) atoms. The Labute approximate surface area is 175 Å². The monoisotopic (exact) mass is 425 g/mol. The van der Waals surface area contributed by atoms with E-state index in [1.165, 1.54) is 18.4 Å². The maximum Gasteiger partial charge on any atom is 0.348 e. The lowest BCUT2D eigenvalue weighted by atomic mass is 10.0. The Morgan fingerprint density at radius 1 is 1.07 bits per heavy atom. The van der Waals surface area contributed by atoms with Crippen molar-refractivity contribution in [2.24, 2.45) is 0 Å². The number of halogens is 1. The zero-order valence-electron chi connectivity index (χ0n) is 15.4. The van der Waals surface area contributed by atoms with Crippen molar-refractivity contribution in [2.75, 3.05) is 7.11 Å². The molecule has 0 unspecified atom stereocenters. The zero-order chi connectivity index (χ0) is 20.5. The molecule has 146 valence electrons. The van der Waals surface area contributed by atoms with Crippen LogP contribution in [-0.2, 0) is 16.1 Å². The first-order valence-corrected chi connectivity index (χ1v) is 9.96. The van der Waals surface area contributed by atoms with E-state index in [9.17, 15) is 14.7 Å². The third-order valence-electron chi connectivity index (χ3n) is 4.60. The second-order valence-corrected chi connectivity index (χ2v) is 7.88. The molecule has 0 atom stereocenters. The molecule has 0 radical (unpaired) electrons. The average molecular weight is 426 g/mol. The number of rotatable bonds is 5. The fraction of sp³-hybridized carbons (Fsp3) is 0.0909. The maximum absolute atomic E-state index is 12.1. The number of esters is 1. The molecule has 0 aliphatic rings. The number of ether oxygens (including phenoxy) is 1. The number of methoxy groups -OCH3 is 1. The van der Waals surface area contributed by atoms with Crippen molar-refractivity contribution in [3.05, 3.63) is 70.6 Å². The smallest absolute Gasteiger partial charge is 0.348 e. The van der Waals surface area contributed by atoms with Crippen LogP contribution < -0.4 is 0 Å². The van der Waals surface area contributed by atoms with E-state index in [1.54, 1.807) is 22.8 Å².